The van der Waals surface area contributed by atoms with Crippen LogP contribution < -0.4 is 5.73 Å². The van der Waals surface area contributed by atoms with Crippen molar-refractivity contribution in [1.82, 2.24) is 4.98 Å². The van der Waals surface area contributed by atoms with Crippen LogP contribution in [0.1, 0.15) is 31.2 Å². The molecule has 86 valence electrons. The molecule has 1 aliphatic carbocycles. The fourth-order valence-electron chi connectivity index (χ4n) is 2.18. The molecule has 0 aliphatic heterocycles. The van der Waals surface area contributed by atoms with E-state index in [0.29, 0.717) is 24.2 Å². The second-order valence-electron chi connectivity index (χ2n) is 4.39. The number of hydrogen-bond donors (Lipinski definition) is 2. The van der Waals surface area contributed by atoms with Crippen LogP contribution in [0.5, 0.6) is 0 Å². The zero-order chi connectivity index (χ0) is 11.6. The number of rotatable bonds is 3. The van der Waals surface area contributed by atoms with Gasteiger partial charge < -0.3 is 10.8 Å². The predicted molar refractivity (Wildman–Crippen MR) is 60.8 cm³/mol. The number of pyridine rings is 1. The van der Waals surface area contributed by atoms with Gasteiger partial charge in [0, 0.05) is 18.2 Å². The van der Waals surface area contributed by atoms with Crippen LogP contribution in [0.15, 0.2) is 18.3 Å². The van der Waals surface area contributed by atoms with Crippen LogP contribution in [-0.4, -0.2) is 21.5 Å². The van der Waals surface area contributed by atoms with E-state index < -0.39 is 5.60 Å². The standard InChI is InChI=1S/C12H16N2O2/c13-11-9(4-3-7-14-11)8-10(15)12(16)5-1-2-6-12/h3-4,7,16H,1-2,5-6,8H2,(H2,13,14). The number of nitrogens with two attached hydrogens (primary N) is 1. The number of ketones is 1. The maximum Gasteiger partial charge on any atom is 0.168 e. The molecule has 0 bridgehead atoms. The van der Waals surface area contributed by atoms with Gasteiger partial charge in [-0.05, 0) is 31.7 Å². The maximum absolute atomic E-state index is 12.0. The number of Topliss-reactive ketones (excluding diaryl/α,β-unsaturated/α-hetero) is 1. The van der Waals surface area contributed by atoms with Crippen LogP contribution in [-0.2, 0) is 11.2 Å². The Bertz CT molecular complexity index is 398. The van der Waals surface area contributed by atoms with Gasteiger partial charge >= 0.3 is 0 Å². The van der Waals surface area contributed by atoms with E-state index in [1.807, 2.05) is 0 Å². The Morgan fingerprint density at radius 2 is 2.19 bits per heavy atom. The first-order valence-corrected chi connectivity index (χ1v) is 5.57. The molecular formula is C12H16N2O2. The van der Waals surface area contributed by atoms with Gasteiger partial charge in [0.25, 0.3) is 0 Å². The second-order valence-corrected chi connectivity index (χ2v) is 4.39. The van der Waals surface area contributed by atoms with Crippen molar-refractivity contribution in [3.63, 3.8) is 0 Å². The topological polar surface area (TPSA) is 76.2 Å². The molecule has 1 aliphatic rings. The minimum absolute atomic E-state index is 0.135. The van der Waals surface area contributed by atoms with E-state index >= 15 is 0 Å². The predicted octanol–water partition coefficient (Wildman–Crippen LogP) is 1.08. The molecule has 0 aromatic carbocycles. The molecule has 2 rings (SSSR count). The van der Waals surface area contributed by atoms with Crippen LogP contribution >= 0.6 is 0 Å². The van der Waals surface area contributed by atoms with Gasteiger partial charge in [0.05, 0.1) is 0 Å². The first kappa shape index (κ1) is 11.1. The fraction of sp³-hybridized carbons (Fsp3) is 0.500. The van der Waals surface area contributed by atoms with Crippen molar-refractivity contribution in [3.8, 4) is 0 Å². The van der Waals surface area contributed by atoms with Gasteiger partial charge in [-0.3, -0.25) is 4.79 Å². The maximum atomic E-state index is 12.0. The third-order valence-corrected chi connectivity index (χ3v) is 3.23. The highest BCUT2D eigenvalue weighted by Gasteiger charge is 2.38. The smallest absolute Gasteiger partial charge is 0.168 e. The zero-order valence-corrected chi connectivity index (χ0v) is 9.15. The van der Waals surface area contributed by atoms with E-state index in [2.05, 4.69) is 4.98 Å². The molecule has 0 amide bonds. The number of aromatic nitrogens is 1. The molecule has 1 aromatic heterocycles. The number of aliphatic hydroxyl groups is 1. The van der Waals surface area contributed by atoms with Crippen molar-refractivity contribution < 1.29 is 9.90 Å². The largest absolute Gasteiger partial charge is 0.383 e. The minimum atomic E-state index is -1.12. The van der Waals surface area contributed by atoms with Gasteiger partial charge in [0.2, 0.25) is 0 Å². The lowest BCUT2D eigenvalue weighted by molar-refractivity contribution is -0.136. The molecule has 4 nitrogen and oxygen atoms in total. The van der Waals surface area contributed by atoms with Crippen molar-refractivity contribution in [2.24, 2.45) is 0 Å². The van der Waals surface area contributed by atoms with Crippen molar-refractivity contribution in [1.29, 1.82) is 0 Å². The first-order valence-electron chi connectivity index (χ1n) is 5.57. The Morgan fingerprint density at radius 1 is 1.50 bits per heavy atom. The number of hydrogen-bond acceptors (Lipinski definition) is 4. The van der Waals surface area contributed by atoms with Crippen LogP contribution in [0.2, 0.25) is 0 Å². The summed E-state index contributed by atoms with van der Waals surface area (Å²) in [6.45, 7) is 0. The summed E-state index contributed by atoms with van der Waals surface area (Å²) in [5.74, 6) is 0.238. The average Bonchev–Trinajstić information content (AvgIpc) is 2.70. The normalized spacial score (nSPS) is 18.6. The van der Waals surface area contributed by atoms with Gasteiger partial charge in [-0.1, -0.05) is 6.07 Å². The molecular weight excluding hydrogens is 204 g/mol. The Morgan fingerprint density at radius 3 is 2.81 bits per heavy atom. The summed E-state index contributed by atoms with van der Waals surface area (Å²) >= 11 is 0. The highest BCUT2D eigenvalue weighted by molar-refractivity contribution is 5.89. The molecule has 0 saturated heterocycles. The molecule has 1 aromatic rings. The van der Waals surface area contributed by atoms with E-state index in [0.717, 1.165) is 12.8 Å². The second kappa shape index (κ2) is 4.22. The molecule has 1 heterocycles. The number of anilines is 1. The molecule has 3 N–H and O–H groups in total. The van der Waals surface area contributed by atoms with Gasteiger partial charge in [-0.15, -0.1) is 0 Å². The van der Waals surface area contributed by atoms with Crippen molar-refractivity contribution in [3.05, 3.63) is 23.9 Å². The highest BCUT2D eigenvalue weighted by atomic mass is 16.3. The van der Waals surface area contributed by atoms with E-state index in [1.54, 1.807) is 18.3 Å². The summed E-state index contributed by atoms with van der Waals surface area (Å²) in [5.41, 5.74) is 5.24. The molecule has 1 fully saturated rings. The number of carbonyl (C=O) groups excluding carboxylic acids is 1. The third-order valence-electron chi connectivity index (χ3n) is 3.23. The molecule has 1 saturated carbocycles. The van der Waals surface area contributed by atoms with E-state index in [-0.39, 0.29) is 12.2 Å². The minimum Gasteiger partial charge on any atom is -0.383 e. The molecule has 0 spiro atoms. The summed E-state index contributed by atoms with van der Waals surface area (Å²) in [4.78, 5) is 15.9. The molecule has 0 atom stereocenters. The van der Waals surface area contributed by atoms with Crippen molar-refractivity contribution in [2.75, 3.05) is 5.73 Å². The molecule has 0 unspecified atom stereocenters. The Balaban J connectivity index is 2.10. The summed E-state index contributed by atoms with van der Waals surface area (Å²) in [6.07, 6.45) is 4.76. The summed E-state index contributed by atoms with van der Waals surface area (Å²) in [5, 5.41) is 10.1. The summed E-state index contributed by atoms with van der Waals surface area (Å²) in [6, 6.07) is 3.52. The average molecular weight is 220 g/mol. The van der Waals surface area contributed by atoms with Gasteiger partial charge in [-0.25, -0.2) is 4.98 Å². The summed E-state index contributed by atoms with van der Waals surface area (Å²) < 4.78 is 0. The summed E-state index contributed by atoms with van der Waals surface area (Å²) in [7, 11) is 0. The Hall–Kier alpha value is -1.42. The highest BCUT2D eigenvalue weighted by Crippen LogP contribution is 2.31. The Labute approximate surface area is 94.5 Å². The van der Waals surface area contributed by atoms with E-state index in [1.165, 1.54) is 0 Å². The molecule has 0 radical (unpaired) electrons. The lowest BCUT2D eigenvalue weighted by atomic mass is 9.92. The van der Waals surface area contributed by atoms with E-state index in [9.17, 15) is 9.90 Å². The van der Waals surface area contributed by atoms with Crippen molar-refractivity contribution >= 4 is 11.6 Å². The fourth-order valence-corrected chi connectivity index (χ4v) is 2.18. The lowest BCUT2D eigenvalue weighted by Gasteiger charge is -2.20. The number of nitrogens with zero attached hydrogens (tertiary/aromatic N) is 1. The number of carbonyl (C=O) groups is 1. The monoisotopic (exact) mass is 220 g/mol. The SMILES string of the molecule is Nc1ncccc1CC(=O)C1(O)CCCC1. The third kappa shape index (κ3) is 2.07. The van der Waals surface area contributed by atoms with Crippen LogP contribution in [0.4, 0.5) is 5.82 Å². The number of nitrogen functional groups attached to an aromatic ring is 1. The van der Waals surface area contributed by atoms with Crippen LogP contribution in [0.3, 0.4) is 0 Å². The zero-order valence-electron chi connectivity index (χ0n) is 9.15. The Kier molecular flexibility index (Phi) is 2.92. The molecule has 16 heavy (non-hydrogen) atoms. The first-order chi connectivity index (χ1) is 7.62. The van der Waals surface area contributed by atoms with Crippen LogP contribution in [0, 0.1) is 0 Å². The van der Waals surface area contributed by atoms with E-state index in [4.69, 9.17) is 5.73 Å². The van der Waals surface area contributed by atoms with Crippen LogP contribution in [0.25, 0.3) is 0 Å². The quantitative estimate of drug-likeness (QED) is 0.799. The lowest BCUT2D eigenvalue weighted by Crippen LogP contribution is -2.36. The van der Waals surface area contributed by atoms with Gasteiger partial charge in [-0.2, -0.15) is 0 Å². The van der Waals surface area contributed by atoms with Gasteiger partial charge in [0.1, 0.15) is 11.4 Å². The van der Waals surface area contributed by atoms with Gasteiger partial charge in [0.15, 0.2) is 5.78 Å². The molecule has 4 heteroatoms. The van der Waals surface area contributed by atoms with Crippen molar-refractivity contribution in [2.45, 2.75) is 37.7 Å².